The molecule has 0 saturated heterocycles. The first-order valence-electron chi connectivity index (χ1n) is 5.25. The quantitative estimate of drug-likeness (QED) is 0.784. The molecule has 1 heterocycles. The predicted molar refractivity (Wildman–Crippen MR) is 67.2 cm³/mol. The zero-order valence-electron chi connectivity index (χ0n) is 9.86. The highest BCUT2D eigenvalue weighted by atomic mass is 32.1. The highest BCUT2D eigenvalue weighted by molar-refractivity contribution is 7.12. The first-order valence-corrected chi connectivity index (χ1v) is 6.13. The van der Waals surface area contributed by atoms with Gasteiger partial charge in [-0.25, -0.2) is 4.79 Å². The zero-order valence-corrected chi connectivity index (χ0v) is 10.7. The van der Waals surface area contributed by atoms with Crippen molar-refractivity contribution in [3.8, 4) is 0 Å². The third-order valence-electron chi connectivity index (χ3n) is 2.14. The van der Waals surface area contributed by atoms with Crippen LogP contribution < -0.4 is 11.1 Å². The second-order valence-electron chi connectivity index (χ2n) is 3.72. The molecule has 0 aliphatic heterocycles. The number of carbonyl (C=O) groups excluding carboxylic acids is 2. The normalized spacial score (nSPS) is 11.9. The largest absolute Gasteiger partial charge is 0.465 e. The van der Waals surface area contributed by atoms with Crippen LogP contribution in [0.5, 0.6) is 0 Å². The monoisotopic (exact) mass is 256 g/mol. The number of nitrogens with two attached hydrogens (primary N) is 1. The number of hydrogen-bond acceptors (Lipinski definition) is 5. The van der Waals surface area contributed by atoms with Gasteiger partial charge in [0.05, 0.1) is 12.8 Å². The molecule has 0 aliphatic carbocycles. The van der Waals surface area contributed by atoms with E-state index in [2.05, 4.69) is 10.1 Å². The lowest BCUT2D eigenvalue weighted by Crippen LogP contribution is -2.20. The van der Waals surface area contributed by atoms with Crippen molar-refractivity contribution in [2.75, 3.05) is 12.4 Å². The maximum Gasteiger partial charge on any atom is 0.350 e. The summed E-state index contributed by atoms with van der Waals surface area (Å²) in [4.78, 5) is 23.3. The molecule has 0 saturated carbocycles. The van der Waals surface area contributed by atoms with Gasteiger partial charge < -0.3 is 15.8 Å². The molecule has 1 amide bonds. The van der Waals surface area contributed by atoms with E-state index in [0.717, 1.165) is 0 Å². The number of rotatable bonds is 5. The SMILES string of the molecule is COC(=O)c1sccc1NC(=O)CCC(C)N. The zero-order chi connectivity index (χ0) is 12.8. The standard InChI is InChI=1S/C11H16N2O3S/c1-7(12)3-4-9(14)13-8-5-6-17-10(8)11(15)16-2/h5-7H,3-4,12H2,1-2H3,(H,13,14). The molecule has 0 fully saturated rings. The summed E-state index contributed by atoms with van der Waals surface area (Å²) >= 11 is 1.23. The molecule has 94 valence electrons. The molecule has 0 aromatic carbocycles. The summed E-state index contributed by atoms with van der Waals surface area (Å²) in [5.41, 5.74) is 6.06. The topological polar surface area (TPSA) is 81.4 Å². The Labute approximate surface area is 104 Å². The number of methoxy groups -OCH3 is 1. The van der Waals surface area contributed by atoms with E-state index in [4.69, 9.17) is 5.73 Å². The molecule has 0 radical (unpaired) electrons. The van der Waals surface area contributed by atoms with E-state index in [1.54, 1.807) is 11.4 Å². The molecule has 0 aliphatic rings. The fraction of sp³-hybridized carbons (Fsp3) is 0.455. The molecule has 5 nitrogen and oxygen atoms in total. The Morgan fingerprint density at radius 1 is 1.59 bits per heavy atom. The van der Waals surface area contributed by atoms with Crippen LogP contribution in [-0.4, -0.2) is 25.0 Å². The molecule has 1 aromatic heterocycles. The molecule has 1 rings (SSSR count). The average molecular weight is 256 g/mol. The van der Waals surface area contributed by atoms with Crippen LogP contribution in [0.4, 0.5) is 5.69 Å². The fourth-order valence-electron chi connectivity index (χ4n) is 1.23. The number of nitrogens with one attached hydrogen (secondary N) is 1. The van der Waals surface area contributed by atoms with E-state index in [-0.39, 0.29) is 11.9 Å². The Hall–Kier alpha value is -1.40. The lowest BCUT2D eigenvalue weighted by molar-refractivity contribution is -0.116. The molecule has 6 heteroatoms. The smallest absolute Gasteiger partial charge is 0.350 e. The van der Waals surface area contributed by atoms with Gasteiger partial charge in [-0.2, -0.15) is 0 Å². The molecule has 0 spiro atoms. The highest BCUT2D eigenvalue weighted by Crippen LogP contribution is 2.23. The third kappa shape index (κ3) is 4.16. The minimum Gasteiger partial charge on any atom is -0.465 e. The van der Waals surface area contributed by atoms with E-state index in [0.29, 0.717) is 23.4 Å². The van der Waals surface area contributed by atoms with Crippen LogP contribution in [0.1, 0.15) is 29.4 Å². The number of amides is 1. The molecule has 0 bridgehead atoms. The van der Waals surface area contributed by atoms with Crippen LogP contribution in [0.15, 0.2) is 11.4 Å². The summed E-state index contributed by atoms with van der Waals surface area (Å²) in [7, 11) is 1.31. The van der Waals surface area contributed by atoms with E-state index in [9.17, 15) is 9.59 Å². The summed E-state index contributed by atoms with van der Waals surface area (Å²) in [6, 6.07) is 1.67. The van der Waals surface area contributed by atoms with Gasteiger partial charge in [-0.15, -0.1) is 11.3 Å². The first kappa shape index (κ1) is 13.7. The maximum atomic E-state index is 11.6. The van der Waals surface area contributed by atoms with Crippen molar-refractivity contribution in [1.82, 2.24) is 0 Å². The summed E-state index contributed by atoms with van der Waals surface area (Å²) in [6.07, 6.45) is 0.956. The minimum absolute atomic E-state index is 0.0108. The van der Waals surface area contributed by atoms with Crippen molar-refractivity contribution in [2.45, 2.75) is 25.8 Å². The summed E-state index contributed by atoms with van der Waals surface area (Å²) in [5, 5.41) is 4.41. The number of esters is 1. The van der Waals surface area contributed by atoms with E-state index in [1.165, 1.54) is 18.4 Å². The maximum absolute atomic E-state index is 11.6. The van der Waals surface area contributed by atoms with Crippen molar-refractivity contribution in [3.05, 3.63) is 16.3 Å². The second-order valence-corrected chi connectivity index (χ2v) is 4.64. The molecular weight excluding hydrogens is 240 g/mol. The number of ether oxygens (including phenoxy) is 1. The number of thiophene rings is 1. The van der Waals surface area contributed by atoms with Crippen molar-refractivity contribution in [1.29, 1.82) is 0 Å². The molecule has 1 atom stereocenters. The van der Waals surface area contributed by atoms with Gasteiger partial charge in [-0.1, -0.05) is 0 Å². The molecule has 3 N–H and O–H groups in total. The summed E-state index contributed by atoms with van der Waals surface area (Å²) in [6.45, 7) is 1.84. The number of carbonyl (C=O) groups is 2. The summed E-state index contributed by atoms with van der Waals surface area (Å²) in [5.74, 6) is -0.589. The van der Waals surface area contributed by atoms with Gasteiger partial charge in [0.25, 0.3) is 0 Å². The van der Waals surface area contributed by atoms with Gasteiger partial charge in [0, 0.05) is 12.5 Å². The predicted octanol–water partition coefficient (Wildman–Crippen LogP) is 1.60. The third-order valence-corrected chi connectivity index (χ3v) is 3.03. The van der Waals surface area contributed by atoms with Crippen LogP contribution in [0.2, 0.25) is 0 Å². The van der Waals surface area contributed by atoms with Gasteiger partial charge in [-0.3, -0.25) is 4.79 Å². The van der Waals surface area contributed by atoms with Crippen LogP contribution in [0, 0.1) is 0 Å². The first-order chi connectivity index (χ1) is 8.04. The lowest BCUT2D eigenvalue weighted by Gasteiger charge is -2.06. The second kappa shape index (κ2) is 6.36. The van der Waals surface area contributed by atoms with Gasteiger partial charge in [0.15, 0.2) is 0 Å². The Morgan fingerprint density at radius 3 is 2.88 bits per heavy atom. The minimum atomic E-state index is -0.442. The van der Waals surface area contributed by atoms with Crippen LogP contribution in [-0.2, 0) is 9.53 Å². The van der Waals surface area contributed by atoms with E-state index < -0.39 is 5.97 Å². The lowest BCUT2D eigenvalue weighted by atomic mass is 10.2. The van der Waals surface area contributed by atoms with Crippen molar-refractivity contribution >= 4 is 28.9 Å². The van der Waals surface area contributed by atoms with Gasteiger partial charge >= 0.3 is 5.97 Å². The Morgan fingerprint density at radius 2 is 2.29 bits per heavy atom. The van der Waals surface area contributed by atoms with Crippen LogP contribution in [0.25, 0.3) is 0 Å². The van der Waals surface area contributed by atoms with Crippen molar-refractivity contribution < 1.29 is 14.3 Å². The molecular formula is C11H16N2O3S. The molecule has 1 aromatic rings. The number of anilines is 1. The molecule has 1 unspecified atom stereocenters. The Balaban J connectivity index is 2.59. The van der Waals surface area contributed by atoms with Crippen molar-refractivity contribution in [2.24, 2.45) is 5.73 Å². The van der Waals surface area contributed by atoms with Crippen molar-refractivity contribution in [3.63, 3.8) is 0 Å². The van der Waals surface area contributed by atoms with Gasteiger partial charge in [-0.05, 0) is 24.8 Å². The molecule has 17 heavy (non-hydrogen) atoms. The number of hydrogen-bond donors (Lipinski definition) is 2. The highest BCUT2D eigenvalue weighted by Gasteiger charge is 2.15. The Kier molecular flexibility index (Phi) is 5.11. The van der Waals surface area contributed by atoms with Gasteiger partial charge in [0.1, 0.15) is 4.88 Å². The Bertz CT molecular complexity index is 401. The van der Waals surface area contributed by atoms with E-state index >= 15 is 0 Å². The van der Waals surface area contributed by atoms with E-state index in [1.807, 2.05) is 6.92 Å². The van der Waals surface area contributed by atoms with Crippen LogP contribution >= 0.6 is 11.3 Å². The fourth-order valence-corrected chi connectivity index (χ4v) is 2.00. The summed E-state index contributed by atoms with van der Waals surface area (Å²) < 4.78 is 4.62. The van der Waals surface area contributed by atoms with Crippen LogP contribution in [0.3, 0.4) is 0 Å². The average Bonchev–Trinajstić information content (AvgIpc) is 2.73. The van der Waals surface area contributed by atoms with Gasteiger partial charge in [0.2, 0.25) is 5.91 Å².